The quantitative estimate of drug-likeness (QED) is 0.880. The van der Waals surface area contributed by atoms with Crippen molar-refractivity contribution in [2.75, 3.05) is 0 Å². The van der Waals surface area contributed by atoms with E-state index in [1.807, 2.05) is 18.2 Å². The van der Waals surface area contributed by atoms with Crippen LogP contribution in [0.5, 0.6) is 0 Å². The molecule has 2 heterocycles. The number of rotatable bonds is 6. The van der Waals surface area contributed by atoms with E-state index in [0.29, 0.717) is 24.2 Å². The van der Waals surface area contributed by atoms with Crippen LogP contribution in [0.2, 0.25) is 0 Å². The summed E-state index contributed by atoms with van der Waals surface area (Å²) in [5.74, 6) is 0.663. The Labute approximate surface area is 119 Å². The Kier molecular flexibility index (Phi) is 4.90. The molecule has 0 aliphatic heterocycles. The second-order valence-electron chi connectivity index (χ2n) is 5.26. The zero-order valence-electron chi connectivity index (χ0n) is 12.5. The number of aromatic nitrogens is 2. The second-order valence-corrected chi connectivity index (χ2v) is 5.26. The highest BCUT2D eigenvalue weighted by molar-refractivity contribution is 5.37. The van der Waals surface area contributed by atoms with Crippen molar-refractivity contribution in [2.24, 2.45) is 5.92 Å². The third-order valence-electron chi connectivity index (χ3n) is 3.99. The molecule has 0 bridgehead atoms. The molecule has 0 fully saturated rings. The predicted octanol–water partition coefficient (Wildman–Crippen LogP) is 2.61. The highest BCUT2D eigenvalue weighted by Gasteiger charge is 2.13. The van der Waals surface area contributed by atoms with Crippen LogP contribution in [0.4, 0.5) is 0 Å². The van der Waals surface area contributed by atoms with Crippen molar-refractivity contribution in [2.45, 2.75) is 46.2 Å². The molecule has 4 heteroatoms. The molecular formula is C16H23N3O. The fraction of sp³-hybridized carbons (Fsp3) is 0.500. The summed E-state index contributed by atoms with van der Waals surface area (Å²) in [7, 11) is 0. The number of hydrogen-bond acceptors (Lipinski definition) is 3. The Morgan fingerprint density at radius 3 is 2.75 bits per heavy atom. The molecule has 0 radical (unpaired) electrons. The molecule has 0 aliphatic rings. The van der Waals surface area contributed by atoms with Gasteiger partial charge in [-0.25, -0.2) is 4.98 Å². The first-order chi connectivity index (χ1) is 9.65. The van der Waals surface area contributed by atoms with Crippen LogP contribution in [0.3, 0.4) is 0 Å². The first-order valence-electron chi connectivity index (χ1n) is 7.36. The number of fused-ring (bicyclic) bond motifs is 1. The van der Waals surface area contributed by atoms with Crippen LogP contribution < -0.4 is 10.9 Å². The van der Waals surface area contributed by atoms with E-state index >= 15 is 0 Å². The number of hydrogen-bond donors (Lipinski definition) is 1. The molecule has 1 unspecified atom stereocenters. The van der Waals surface area contributed by atoms with Gasteiger partial charge in [-0.15, -0.1) is 0 Å². The number of nitrogens with zero attached hydrogens (tertiary/aromatic N) is 2. The van der Waals surface area contributed by atoms with Crippen molar-refractivity contribution in [1.29, 1.82) is 0 Å². The van der Waals surface area contributed by atoms with E-state index in [-0.39, 0.29) is 5.56 Å². The summed E-state index contributed by atoms with van der Waals surface area (Å²) in [4.78, 5) is 16.5. The summed E-state index contributed by atoms with van der Waals surface area (Å²) in [6.07, 6.45) is 4.08. The molecule has 4 nitrogen and oxygen atoms in total. The number of nitrogens with one attached hydrogen (secondary N) is 1. The van der Waals surface area contributed by atoms with E-state index in [4.69, 9.17) is 0 Å². The average molecular weight is 273 g/mol. The molecule has 0 spiro atoms. The van der Waals surface area contributed by atoms with Crippen LogP contribution in [-0.2, 0) is 6.54 Å². The molecule has 0 amide bonds. The van der Waals surface area contributed by atoms with Crippen LogP contribution in [-0.4, -0.2) is 15.4 Å². The van der Waals surface area contributed by atoms with Crippen LogP contribution in [0.15, 0.2) is 35.3 Å². The normalized spacial score (nSPS) is 13.0. The Balaban J connectivity index is 2.12. The highest BCUT2D eigenvalue weighted by Crippen LogP contribution is 2.12. The van der Waals surface area contributed by atoms with Crippen LogP contribution in [0.1, 0.15) is 39.3 Å². The largest absolute Gasteiger partial charge is 0.308 e. The van der Waals surface area contributed by atoms with E-state index in [9.17, 15) is 4.79 Å². The molecule has 0 saturated heterocycles. The molecule has 0 saturated carbocycles. The maximum Gasteiger partial charge on any atom is 0.258 e. The number of pyridine rings is 1. The van der Waals surface area contributed by atoms with Gasteiger partial charge in [-0.3, -0.25) is 9.20 Å². The minimum atomic E-state index is -0.0254. The zero-order valence-corrected chi connectivity index (χ0v) is 12.5. The van der Waals surface area contributed by atoms with Crippen molar-refractivity contribution in [3.63, 3.8) is 0 Å². The van der Waals surface area contributed by atoms with Gasteiger partial charge in [0.25, 0.3) is 5.56 Å². The molecular weight excluding hydrogens is 250 g/mol. The van der Waals surface area contributed by atoms with Crippen molar-refractivity contribution in [3.05, 3.63) is 46.5 Å². The molecule has 2 aromatic rings. The molecule has 0 aromatic carbocycles. The first-order valence-corrected chi connectivity index (χ1v) is 7.36. The maximum atomic E-state index is 12.0. The van der Waals surface area contributed by atoms with Gasteiger partial charge in [-0.2, -0.15) is 0 Å². The van der Waals surface area contributed by atoms with E-state index in [1.54, 1.807) is 16.7 Å². The first kappa shape index (κ1) is 14.7. The van der Waals surface area contributed by atoms with E-state index in [0.717, 1.165) is 5.69 Å². The third kappa shape index (κ3) is 3.25. The summed E-state index contributed by atoms with van der Waals surface area (Å²) >= 11 is 0. The van der Waals surface area contributed by atoms with Gasteiger partial charge in [0.15, 0.2) is 0 Å². The zero-order chi connectivity index (χ0) is 14.5. The van der Waals surface area contributed by atoms with Gasteiger partial charge >= 0.3 is 0 Å². The summed E-state index contributed by atoms with van der Waals surface area (Å²) in [6, 6.07) is 7.63. The monoisotopic (exact) mass is 273 g/mol. The average Bonchev–Trinajstić information content (AvgIpc) is 2.46. The van der Waals surface area contributed by atoms with Gasteiger partial charge < -0.3 is 5.32 Å². The third-order valence-corrected chi connectivity index (χ3v) is 3.99. The lowest BCUT2D eigenvalue weighted by atomic mass is 9.95. The van der Waals surface area contributed by atoms with Gasteiger partial charge in [0.05, 0.1) is 5.69 Å². The molecule has 1 atom stereocenters. The standard InChI is InChI=1S/C16H23N3O/c1-4-13(5-2)12(3)17-11-14-10-16(20)19-9-7-6-8-15(19)18-14/h6-10,12-13,17H,4-5,11H2,1-3H3. The van der Waals surface area contributed by atoms with Crippen molar-refractivity contribution in [3.8, 4) is 0 Å². The minimum absolute atomic E-state index is 0.0254. The van der Waals surface area contributed by atoms with Crippen LogP contribution in [0, 0.1) is 5.92 Å². The van der Waals surface area contributed by atoms with Crippen LogP contribution in [0.25, 0.3) is 5.65 Å². The topological polar surface area (TPSA) is 46.4 Å². The SMILES string of the molecule is CCC(CC)C(C)NCc1cc(=O)n2ccccc2n1. The van der Waals surface area contributed by atoms with Gasteiger partial charge in [0.1, 0.15) is 5.65 Å². The lowest BCUT2D eigenvalue weighted by molar-refractivity contribution is 0.352. The van der Waals surface area contributed by atoms with Crippen molar-refractivity contribution in [1.82, 2.24) is 14.7 Å². The molecule has 108 valence electrons. The lowest BCUT2D eigenvalue weighted by Crippen LogP contribution is -2.33. The lowest BCUT2D eigenvalue weighted by Gasteiger charge is -2.22. The fourth-order valence-electron chi connectivity index (χ4n) is 2.62. The summed E-state index contributed by atoms with van der Waals surface area (Å²) in [5, 5.41) is 3.48. The maximum absolute atomic E-state index is 12.0. The Hall–Kier alpha value is -1.68. The molecule has 2 aromatic heterocycles. The predicted molar refractivity (Wildman–Crippen MR) is 81.8 cm³/mol. The minimum Gasteiger partial charge on any atom is -0.308 e. The molecule has 0 aliphatic carbocycles. The Bertz CT molecular complexity index is 616. The Morgan fingerprint density at radius 1 is 1.30 bits per heavy atom. The second kappa shape index (κ2) is 6.66. The van der Waals surface area contributed by atoms with E-state index in [2.05, 4.69) is 31.1 Å². The van der Waals surface area contributed by atoms with Crippen molar-refractivity contribution >= 4 is 5.65 Å². The Morgan fingerprint density at radius 2 is 2.05 bits per heavy atom. The van der Waals surface area contributed by atoms with Crippen molar-refractivity contribution < 1.29 is 0 Å². The van der Waals surface area contributed by atoms with Gasteiger partial charge in [0.2, 0.25) is 0 Å². The van der Waals surface area contributed by atoms with E-state index in [1.165, 1.54) is 12.8 Å². The van der Waals surface area contributed by atoms with Gasteiger partial charge in [0, 0.05) is 24.8 Å². The van der Waals surface area contributed by atoms with Gasteiger partial charge in [-0.1, -0.05) is 32.8 Å². The fourth-order valence-corrected chi connectivity index (χ4v) is 2.62. The summed E-state index contributed by atoms with van der Waals surface area (Å²) < 4.78 is 1.56. The summed E-state index contributed by atoms with van der Waals surface area (Å²) in [5.41, 5.74) is 1.48. The van der Waals surface area contributed by atoms with Crippen LogP contribution >= 0.6 is 0 Å². The van der Waals surface area contributed by atoms with E-state index < -0.39 is 0 Å². The smallest absolute Gasteiger partial charge is 0.258 e. The molecule has 20 heavy (non-hydrogen) atoms. The van der Waals surface area contributed by atoms with Gasteiger partial charge in [-0.05, 0) is 25.0 Å². The molecule has 1 N–H and O–H groups in total. The highest BCUT2D eigenvalue weighted by atomic mass is 16.1. The summed E-state index contributed by atoms with van der Waals surface area (Å²) in [6.45, 7) is 7.27. The molecule has 2 rings (SSSR count).